The molecular formula is C14H19N5O3S2. The van der Waals surface area contributed by atoms with E-state index in [1.807, 2.05) is 13.8 Å². The van der Waals surface area contributed by atoms with Crippen LogP contribution >= 0.6 is 23.1 Å². The molecule has 0 atom stereocenters. The zero-order valence-electron chi connectivity index (χ0n) is 13.6. The number of nitrogens with two attached hydrogens (primary N) is 1. The molecule has 130 valence electrons. The predicted molar refractivity (Wildman–Crippen MR) is 94.5 cm³/mol. The first-order chi connectivity index (χ1) is 11.5. The van der Waals surface area contributed by atoms with E-state index in [4.69, 9.17) is 10.5 Å². The third-order valence-electron chi connectivity index (χ3n) is 3.11. The van der Waals surface area contributed by atoms with Crippen molar-refractivity contribution in [3.8, 4) is 0 Å². The van der Waals surface area contributed by atoms with Gasteiger partial charge in [-0.15, -0.1) is 16.4 Å². The number of thiophene rings is 1. The highest BCUT2D eigenvalue weighted by molar-refractivity contribution is 7.99. The summed E-state index contributed by atoms with van der Waals surface area (Å²) >= 11 is 2.53. The molecule has 0 spiro atoms. The maximum Gasteiger partial charge on any atom is 0.341 e. The zero-order valence-corrected chi connectivity index (χ0v) is 15.3. The maximum absolute atomic E-state index is 12.2. The molecule has 1 amide bonds. The topological polar surface area (TPSA) is 123 Å². The lowest BCUT2D eigenvalue weighted by Gasteiger charge is -2.07. The van der Waals surface area contributed by atoms with Crippen molar-refractivity contribution in [2.75, 3.05) is 23.4 Å². The number of ether oxygens (including phenoxy) is 1. The lowest BCUT2D eigenvalue weighted by Crippen LogP contribution is -2.16. The van der Waals surface area contributed by atoms with E-state index in [0.717, 1.165) is 22.2 Å². The van der Waals surface area contributed by atoms with Crippen LogP contribution in [0, 0.1) is 6.92 Å². The Morgan fingerprint density at radius 2 is 2.17 bits per heavy atom. The minimum atomic E-state index is -0.414. The van der Waals surface area contributed by atoms with Crippen LogP contribution in [0.5, 0.6) is 0 Å². The Morgan fingerprint density at radius 1 is 1.42 bits per heavy atom. The number of esters is 1. The van der Waals surface area contributed by atoms with Crippen molar-refractivity contribution in [1.82, 2.24) is 15.2 Å². The molecule has 0 aliphatic rings. The van der Waals surface area contributed by atoms with Gasteiger partial charge in [0.2, 0.25) is 17.0 Å². The van der Waals surface area contributed by atoms with Crippen molar-refractivity contribution in [2.24, 2.45) is 0 Å². The number of amides is 1. The van der Waals surface area contributed by atoms with Crippen molar-refractivity contribution in [1.29, 1.82) is 0 Å². The van der Waals surface area contributed by atoms with E-state index in [1.54, 1.807) is 6.92 Å². The number of aromatic nitrogens is 3. The van der Waals surface area contributed by atoms with E-state index in [-0.39, 0.29) is 24.2 Å². The molecule has 2 aromatic rings. The smallest absolute Gasteiger partial charge is 0.341 e. The highest BCUT2D eigenvalue weighted by Crippen LogP contribution is 2.34. The zero-order chi connectivity index (χ0) is 17.7. The molecular weight excluding hydrogens is 350 g/mol. The van der Waals surface area contributed by atoms with Gasteiger partial charge < -0.3 is 15.8 Å². The average Bonchev–Trinajstić information content (AvgIpc) is 3.08. The summed E-state index contributed by atoms with van der Waals surface area (Å²) in [4.78, 5) is 29.3. The number of thioether (sulfide) groups is 1. The Balaban J connectivity index is 2.10. The molecule has 0 saturated heterocycles. The van der Waals surface area contributed by atoms with E-state index in [2.05, 4.69) is 20.5 Å². The van der Waals surface area contributed by atoms with Crippen LogP contribution in [-0.2, 0) is 16.0 Å². The number of hydrogen-bond acceptors (Lipinski definition) is 8. The summed E-state index contributed by atoms with van der Waals surface area (Å²) in [6.07, 6.45) is 0.692. The number of rotatable bonds is 7. The lowest BCUT2D eigenvalue weighted by atomic mass is 10.1. The number of anilines is 2. The van der Waals surface area contributed by atoms with Crippen LogP contribution in [0.25, 0.3) is 0 Å². The van der Waals surface area contributed by atoms with Crippen LogP contribution in [0.3, 0.4) is 0 Å². The number of nitrogen functional groups attached to an aromatic ring is 1. The first kappa shape index (κ1) is 18.3. The van der Waals surface area contributed by atoms with E-state index in [1.165, 1.54) is 11.3 Å². The molecule has 8 nitrogen and oxygen atoms in total. The van der Waals surface area contributed by atoms with Crippen molar-refractivity contribution in [3.05, 3.63) is 16.0 Å². The fraction of sp³-hybridized carbons (Fsp3) is 0.429. The Kier molecular flexibility index (Phi) is 6.21. The fourth-order valence-electron chi connectivity index (χ4n) is 2.13. The summed E-state index contributed by atoms with van der Waals surface area (Å²) in [5.74, 6) is -0.358. The van der Waals surface area contributed by atoms with Crippen molar-refractivity contribution < 1.29 is 14.3 Å². The molecule has 0 aliphatic heterocycles. The van der Waals surface area contributed by atoms with Gasteiger partial charge in [-0.3, -0.25) is 4.79 Å². The molecule has 0 saturated carbocycles. The second-order valence-corrected chi connectivity index (χ2v) is 6.92. The molecule has 10 heteroatoms. The van der Waals surface area contributed by atoms with Gasteiger partial charge in [-0.1, -0.05) is 18.7 Å². The van der Waals surface area contributed by atoms with Gasteiger partial charge in [-0.25, -0.2) is 9.89 Å². The molecule has 0 radical (unpaired) electrons. The van der Waals surface area contributed by atoms with Gasteiger partial charge in [0.1, 0.15) is 5.00 Å². The molecule has 2 heterocycles. The van der Waals surface area contributed by atoms with Crippen LogP contribution in [0.4, 0.5) is 10.9 Å². The molecule has 0 bridgehead atoms. The maximum atomic E-state index is 12.2. The van der Waals surface area contributed by atoms with Crippen LogP contribution in [0.2, 0.25) is 0 Å². The van der Waals surface area contributed by atoms with Crippen LogP contribution in [-0.4, -0.2) is 39.4 Å². The monoisotopic (exact) mass is 369 g/mol. The van der Waals surface area contributed by atoms with E-state index in [0.29, 0.717) is 22.1 Å². The Labute approximate surface area is 147 Å². The number of aromatic amines is 1. The van der Waals surface area contributed by atoms with E-state index >= 15 is 0 Å². The van der Waals surface area contributed by atoms with Gasteiger partial charge in [-0.05, 0) is 25.8 Å². The highest BCUT2D eigenvalue weighted by atomic mass is 32.2. The standard InChI is InChI=1S/C14H19N5O3S2/c1-4-8-7(3)24-11(10(8)12(21)22-5-2)16-9(20)6-23-14-17-13(15)18-19-14/h4-6H2,1-3H3,(H,16,20)(H3,15,17,18,19). The molecule has 24 heavy (non-hydrogen) atoms. The summed E-state index contributed by atoms with van der Waals surface area (Å²) in [6, 6.07) is 0. The Hall–Kier alpha value is -2.07. The third-order valence-corrected chi connectivity index (χ3v) is 5.02. The highest BCUT2D eigenvalue weighted by Gasteiger charge is 2.23. The average molecular weight is 369 g/mol. The van der Waals surface area contributed by atoms with Crippen molar-refractivity contribution in [3.63, 3.8) is 0 Å². The number of hydrogen-bond donors (Lipinski definition) is 3. The van der Waals surface area contributed by atoms with Gasteiger partial charge in [-0.2, -0.15) is 4.98 Å². The van der Waals surface area contributed by atoms with Crippen LogP contribution < -0.4 is 11.1 Å². The van der Waals surface area contributed by atoms with Gasteiger partial charge in [0.25, 0.3) is 0 Å². The minimum absolute atomic E-state index is 0.109. The first-order valence-electron chi connectivity index (χ1n) is 7.36. The molecule has 2 rings (SSSR count). The predicted octanol–water partition coefficient (Wildman–Crippen LogP) is 2.23. The summed E-state index contributed by atoms with van der Waals surface area (Å²) in [6.45, 7) is 5.92. The number of carbonyl (C=O) groups excluding carboxylic acids is 2. The second kappa shape index (κ2) is 8.15. The summed E-state index contributed by atoms with van der Waals surface area (Å²) in [7, 11) is 0. The molecule has 0 aliphatic carbocycles. The van der Waals surface area contributed by atoms with Crippen LogP contribution in [0.1, 0.15) is 34.6 Å². The van der Waals surface area contributed by atoms with E-state index in [9.17, 15) is 9.59 Å². The largest absolute Gasteiger partial charge is 0.462 e. The summed E-state index contributed by atoms with van der Waals surface area (Å²) in [5.41, 5.74) is 6.78. The number of nitrogens with zero attached hydrogens (tertiary/aromatic N) is 2. The van der Waals surface area contributed by atoms with Crippen molar-refractivity contribution >= 4 is 45.9 Å². The minimum Gasteiger partial charge on any atom is -0.462 e. The van der Waals surface area contributed by atoms with Gasteiger partial charge >= 0.3 is 5.97 Å². The number of carbonyl (C=O) groups is 2. The molecule has 0 unspecified atom stereocenters. The number of nitrogens with one attached hydrogen (secondary N) is 2. The quantitative estimate of drug-likeness (QED) is 0.505. The number of aryl methyl sites for hydroxylation is 1. The summed E-state index contributed by atoms with van der Waals surface area (Å²) < 4.78 is 5.11. The summed E-state index contributed by atoms with van der Waals surface area (Å²) in [5, 5.41) is 10.0. The molecule has 4 N–H and O–H groups in total. The second-order valence-electron chi connectivity index (χ2n) is 4.76. The van der Waals surface area contributed by atoms with Crippen LogP contribution in [0.15, 0.2) is 5.16 Å². The normalized spacial score (nSPS) is 10.6. The molecule has 0 fully saturated rings. The first-order valence-corrected chi connectivity index (χ1v) is 9.16. The lowest BCUT2D eigenvalue weighted by molar-refractivity contribution is -0.113. The Bertz CT molecular complexity index is 741. The van der Waals surface area contributed by atoms with Gasteiger partial charge in [0, 0.05) is 4.88 Å². The molecule has 2 aromatic heterocycles. The van der Waals surface area contributed by atoms with Crippen molar-refractivity contribution in [2.45, 2.75) is 32.3 Å². The Morgan fingerprint density at radius 3 is 2.75 bits per heavy atom. The van der Waals surface area contributed by atoms with Gasteiger partial charge in [0.15, 0.2) is 0 Å². The van der Waals surface area contributed by atoms with E-state index < -0.39 is 5.97 Å². The number of H-pyrrole nitrogens is 1. The molecule has 0 aromatic carbocycles. The third kappa shape index (κ3) is 4.26. The fourth-order valence-corrected chi connectivity index (χ4v) is 3.88. The van der Waals surface area contributed by atoms with Gasteiger partial charge in [0.05, 0.1) is 17.9 Å². The SMILES string of the molecule is CCOC(=O)c1c(NC(=O)CSc2n[nH]c(N)n2)sc(C)c1CC.